The van der Waals surface area contributed by atoms with Crippen molar-refractivity contribution in [1.82, 2.24) is 15.0 Å². The van der Waals surface area contributed by atoms with E-state index in [1.807, 2.05) is 0 Å². The number of nitrogens with two attached hydrogens (primary N) is 1. The summed E-state index contributed by atoms with van der Waals surface area (Å²) in [7, 11) is 0. The highest BCUT2D eigenvalue weighted by molar-refractivity contribution is 6.34. The summed E-state index contributed by atoms with van der Waals surface area (Å²) in [5.41, 5.74) is 5.52. The van der Waals surface area contributed by atoms with Gasteiger partial charge in [0.15, 0.2) is 0 Å². The summed E-state index contributed by atoms with van der Waals surface area (Å²) in [5.74, 6) is -0.111. The molecular weight excluding hydrogens is 242 g/mol. The van der Waals surface area contributed by atoms with Crippen LogP contribution in [0.25, 0.3) is 0 Å². The summed E-state index contributed by atoms with van der Waals surface area (Å²) in [4.78, 5) is 23.3. The number of hydrogen-bond acceptors (Lipinski definition) is 5. The van der Waals surface area contributed by atoms with Crippen molar-refractivity contribution in [3.63, 3.8) is 0 Å². The summed E-state index contributed by atoms with van der Waals surface area (Å²) in [6, 6.07) is 4.66. The molecule has 0 aromatic carbocycles. The fourth-order valence-electron chi connectivity index (χ4n) is 1.14. The van der Waals surface area contributed by atoms with Gasteiger partial charge in [-0.1, -0.05) is 11.6 Å². The highest BCUT2D eigenvalue weighted by atomic mass is 35.5. The standard InChI is InChI=1S/C10H8ClN5O/c11-6-2-3-7(12)15-8(6)9(17)16-10-13-4-1-5-14-10/h1-5H,(H2,12,15)(H,13,14,16,17). The second-order valence-corrected chi connectivity index (χ2v) is 3.50. The zero-order valence-corrected chi connectivity index (χ0v) is 9.35. The first-order chi connectivity index (χ1) is 8.16. The van der Waals surface area contributed by atoms with Gasteiger partial charge in [-0.25, -0.2) is 15.0 Å². The predicted molar refractivity (Wildman–Crippen MR) is 63.6 cm³/mol. The molecule has 0 spiro atoms. The molecule has 0 radical (unpaired) electrons. The Morgan fingerprint density at radius 2 is 2.00 bits per heavy atom. The minimum absolute atomic E-state index is 0.0409. The molecule has 3 N–H and O–H groups in total. The van der Waals surface area contributed by atoms with Crippen LogP contribution in [0, 0.1) is 0 Å². The smallest absolute Gasteiger partial charge is 0.278 e. The van der Waals surface area contributed by atoms with Gasteiger partial charge in [-0.05, 0) is 18.2 Å². The molecule has 0 fully saturated rings. The minimum atomic E-state index is -0.506. The molecule has 17 heavy (non-hydrogen) atoms. The van der Waals surface area contributed by atoms with Crippen LogP contribution in [0.4, 0.5) is 11.8 Å². The lowest BCUT2D eigenvalue weighted by Crippen LogP contribution is -2.16. The van der Waals surface area contributed by atoms with Gasteiger partial charge in [0.05, 0.1) is 5.02 Å². The fraction of sp³-hybridized carbons (Fsp3) is 0. The third kappa shape index (κ3) is 2.67. The number of aromatic nitrogens is 3. The molecule has 0 unspecified atom stereocenters. The van der Waals surface area contributed by atoms with Crippen LogP contribution in [-0.2, 0) is 0 Å². The van der Waals surface area contributed by atoms with Crippen LogP contribution in [0.2, 0.25) is 5.02 Å². The van der Waals surface area contributed by atoms with Crippen molar-refractivity contribution in [1.29, 1.82) is 0 Å². The van der Waals surface area contributed by atoms with Crippen molar-refractivity contribution in [2.24, 2.45) is 0 Å². The summed E-state index contributed by atoms with van der Waals surface area (Å²) in [5, 5.41) is 2.68. The number of hydrogen-bond donors (Lipinski definition) is 2. The maximum absolute atomic E-state index is 11.8. The zero-order valence-electron chi connectivity index (χ0n) is 8.59. The Balaban J connectivity index is 2.23. The SMILES string of the molecule is Nc1ccc(Cl)c(C(=O)Nc2ncccn2)n1. The average molecular weight is 250 g/mol. The van der Waals surface area contributed by atoms with Crippen molar-refractivity contribution < 1.29 is 4.79 Å². The Morgan fingerprint density at radius 3 is 2.71 bits per heavy atom. The number of carbonyl (C=O) groups is 1. The molecule has 2 heterocycles. The topological polar surface area (TPSA) is 93.8 Å². The molecule has 0 saturated heterocycles. The molecule has 0 aliphatic carbocycles. The van der Waals surface area contributed by atoms with E-state index in [0.29, 0.717) is 0 Å². The Kier molecular flexibility index (Phi) is 3.15. The van der Waals surface area contributed by atoms with Gasteiger partial charge >= 0.3 is 0 Å². The molecule has 2 aromatic rings. The van der Waals surface area contributed by atoms with Gasteiger partial charge in [0.25, 0.3) is 5.91 Å². The Hall–Kier alpha value is -2.21. The molecule has 6 nitrogen and oxygen atoms in total. The molecule has 0 atom stereocenters. The molecule has 0 saturated carbocycles. The van der Waals surface area contributed by atoms with Crippen LogP contribution >= 0.6 is 11.6 Å². The van der Waals surface area contributed by atoms with Gasteiger partial charge in [0.2, 0.25) is 5.95 Å². The molecule has 2 rings (SSSR count). The van der Waals surface area contributed by atoms with Crippen LogP contribution in [0.1, 0.15) is 10.5 Å². The van der Waals surface area contributed by atoms with E-state index in [9.17, 15) is 4.79 Å². The van der Waals surface area contributed by atoms with E-state index >= 15 is 0 Å². The number of halogens is 1. The van der Waals surface area contributed by atoms with Crippen LogP contribution in [0.3, 0.4) is 0 Å². The first-order valence-electron chi connectivity index (χ1n) is 4.67. The van der Waals surface area contributed by atoms with Crippen molar-refractivity contribution in [3.05, 3.63) is 41.3 Å². The fourth-order valence-corrected chi connectivity index (χ4v) is 1.33. The van der Waals surface area contributed by atoms with Crippen LogP contribution in [-0.4, -0.2) is 20.9 Å². The third-order valence-corrected chi connectivity index (χ3v) is 2.18. The van der Waals surface area contributed by atoms with Crippen LogP contribution < -0.4 is 11.1 Å². The molecule has 86 valence electrons. The number of pyridine rings is 1. The Labute approximate surface area is 102 Å². The summed E-state index contributed by atoms with van der Waals surface area (Å²) in [6.07, 6.45) is 3.02. The average Bonchev–Trinajstić information content (AvgIpc) is 2.33. The second kappa shape index (κ2) is 4.75. The van der Waals surface area contributed by atoms with E-state index in [1.165, 1.54) is 24.5 Å². The monoisotopic (exact) mass is 249 g/mol. The Bertz CT molecular complexity index is 546. The first-order valence-corrected chi connectivity index (χ1v) is 5.05. The molecule has 7 heteroatoms. The van der Waals surface area contributed by atoms with Gasteiger partial charge in [-0.2, -0.15) is 0 Å². The molecule has 1 amide bonds. The van der Waals surface area contributed by atoms with Crippen LogP contribution in [0.5, 0.6) is 0 Å². The third-order valence-electron chi connectivity index (χ3n) is 1.87. The number of nitrogen functional groups attached to an aromatic ring is 1. The van der Waals surface area contributed by atoms with E-state index in [4.69, 9.17) is 17.3 Å². The van der Waals surface area contributed by atoms with Gasteiger partial charge in [0.1, 0.15) is 11.5 Å². The molecule has 0 aliphatic heterocycles. The van der Waals surface area contributed by atoms with E-state index in [-0.39, 0.29) is 22.5 Å². The van der Waals surface area contributed by atoms with Crippen molar-refractivity contribution in [2.45, 2.75) is 0 Å². The Morgan fingerprint density at radius 1 is 1.29 bits per heavy atom. The number of anilines is 2. The lowest BCUT2D eigenvalue weighted by atomic mass is 10.3. The van der Waals surface area contributed by atoms with E-state index < -0.39 is 5.91 Å². The molecule has 0 bridgehead atoms. The maximum Gasteiger partial charge on any atom is 0.278 e. The van der Waals surface area contributed by atoms with Crippen molar-refractivity contribution in [2.75, 3.05) is 11.1 Å². The van der Waals surface area contributed by atoms with E-state index in [0.717, 1.165) is 0 Å². The second-order valence-electron chi connectivity index (χ2n) is 3.09. The quantitative estimate of drug-likeness (QED) is 0.838. The lowest BCUT2D eigenvalue weighted by Gasteiger charge is -2.04. The summed E-state index contributed by atoms with van der Waals surface area (Å²) < 4.78 is 0. The predicted octanol–water partition coefficient (Wildman–Crippen LogP) is 1.36. The maximum atomic E-state index is 11.8. The molecular formula is C10H8ClN5O. The van der Waals surface area contributed by atoms with Crippen molar-refractivity contribution in [3.8, 4) is 0 Å². The number of carbonyl (C=O) groups excluding carboxylic acids is 1. The number of rotatable bonds is 2. The normalized spacial score (nSPS) is 9.94. The largest absolute Gasteiger partial charge is 0.384 e. The minimum Gasteiger partial charge on any atom is -0.384 e. The van der Waals surface area contributed by atoms with E-state index in [1.54, 1.807) is 6.07 Å². The first kappa shape index (κ1) is 11.3. The molecule has 0 aliphatic rings. The van der Waals surface area contributed by atoms with Gasteiger partial charge < -0.3 is 5.73 Å². The van der Waals surface area contributed by atoms with Crippen LogP contribution in [0.15, 0.2) is 30.6 Å². The van der Waals surface area contributed by atoms with Crippen molar-refractivity contribution >= 4 is 29.3 Å². The van der Waals surface area contributed by atoms with Gasteiger partial charge in [-0.15, -0.1) is 0 Å². The highest BCUT2D eigenvalue weighted by Gasteiger charge is 2.13. The highest BCUT2D eigenvalue weighted by Crippen LogP contribution is 2.15. The van der Waals surface area contributed by atoms with Gasteiger partial charge in [0, 0.05) is 12.4 Å². The summed E-state index contributed by atoms with van der Waals surface area (Å²) in [6.45, 7) is 0. The zero-order chi connectivity index (χ0) is 12.3. The van der Waals surface area contributed by atoms with Gasteiger partial charge in [-0.3, -0.25) is 10.1 Å². The number of nitrogens with zero attached hydrogens (tertiary/aromatic N) is 3. The summed E-state index contributed by atoms with van der Waals surface area (Å²) >= 11 is 5.84. The lowest BCUT2D eigenvalue weighted by molar-refractivity contribution is 0.102. The number of amides is 1. The molecule has 2 aromatic heterocycles. The number of nitrogens with one attached hydrogen (secondary N) is 1. The van der Waals surface area contributed by atoms with E-state index in [2.05, 4.69) is 20.3 Å².